The summed E-state index contributed by atoms with van der Waals surface area (Å²) in [6, 6.07) is 15.9. The van der Waals surface area contributed by atoms with E-state index in [1.54, 1.807) is 7.11 Å². The average Bonchev–Trinajstić information content (AvgIpc) is 2.69. The van der Waals surface area contributed by atoms with E-state index in [-0.39, 0.29) is 5.91 Å². The van der Waals surface area contributed by atoms with Crippen molar-refractivity contribution in [1.29, 1.82) is 0 Å². The lowest BCUT2D eigenvalue weighted by Crippen LogP contribution is -2.35. The molecule has 1 amide bonds. The first kappa shape index (κ1) is 13.7. The van der Waals surface area contributed by atoms with Crippen molar-refractivity contribution in [2.24, 2.45) is 0 Å². The summed E-state index contributed by atoms with van der Waals surface area (Å²) < 4.78 is 5.29. The highest BCUT2D eigenvalue weighted by Gasteiger charge is 2.43. The quantitative estimate of drug-likeness (QED) is 0.861. The van der Waals surface area contributed by atoms with Crippen LogP contribution < -0.4 is 9.64 Å². The van der Waals surface area contributed by atoms with Crippen molar-refractivity contribution in [2.75, 3.05) is 12.0 Å². The Morgan fingerprint density at radius 3 is 2.48 bits per heavy atom. The van der Waals surface area contributed by atoms with E-state index in [0.717, 1.165) is 22.6 Å². The van der Waals surface area contributed by atoms with Crippen molar-refractivity contribution in [3.8, 4) is 5.75 Å². The van der Waals surface area contributed by atoms with Gasteiger partial charge in [0.05, 0.1) is 19.1 Å². The Balaban J connectivity index is 2.03. The maximum absolute atomic E-state index is 12.8. The van der Waals surface area contributed by atoms with Gasteiger partial charge in [-0.2, -0.15) is 0 Å². The number of fused-ring (bicyclic) bond motifs is 1. The zero-order chi connectivity index (χ0) is 15.0. The van der Waals surface area contributed by atoms with E-state index in [1.807, 2.05) is 67.3 Å². The molecule has 2 aromatic carbocycles. The van der Waals surface area contributed by atoms with Gasteiger partial charge >= 0.3 is 0 Å². The molecule has 1 aliphatic heterocycles. The van der Waals surface area contributed by atoms with E-state index in [9.17, 15) is 4.79 Å². The minimum absolute atomic E-state index is 0.134. The molecule has 0 unspecified atom stereocenters. The fraction of sp³-hybridized carbons (Fsp3) is 0.278. The summed E-state index contributed by atoms with van der Waals surface area (Å²) in [5, 5.41) is 0. The summed E-state index contributed by atoms with van der Waals surface area (Å²) in [7, 11) is 1.65. The molecule has 21 heavy (non-hydrogen) atoms. The minimum atomic E-state index is -0.515. The SMILES string of the molecule is COc1ccc2c(c1)C(C)(C)C(=O)N2Cc1ccccc1. The topological polar surface area (TPSA) is 29.5 Å². The third-order valence-electron chi connectivity index (χ3n) is 4.13. The number of ether oxygens (including phenoxy) is 1. The Kier molecular flexibility index (Phi) is 3.20. The first-order chi connectivity index (χ1) is 10.0. The Morgan fingerprint density at radius 2 is 1.81 bits per heavy atom. The Hall–Kier alpha value is -2.29. The molecular formula is C18H19NO2. The van der Waals surface area contributed by atoms with Gasteiger partial charge in [0.25, 0.3) is 0 Å². The highest BCUT2D eigenvalue weighted by atomic mass is 16.5. The van der Waals surface area contributed by atoms with Crippen molar-refractivity contribution >= 4 is 11.6 Å². The van der Waals surface area contributed by atoms with Gasteiger partial charge < -0.3 is 9.64 Å². The maximum atomic E-state index is 12.8. The van der Waals surface area contributed by atoms with Crippen LogP contribution in [0.2, 0.25) is 0 Å². The van der Waals surface area contributed by atoms with Gasteiger partial charge in [-0.15, -0.1) is 0 Å². The molecule has 1 aliphatic rings. The van der Waals surface area contributed by atoms with Crippen LogP contribution >= 0.6 is 0 Å². The summed E-state index contributed by atoms with van der Waals surface area (Å²) in [5.41, 5.74) is 2.63. The fourth-order valence-corrected chi connectivity index (χ4v) is 2.86. The van der Waals surface area contributed by atoms with Gasteiger partial charge in [-0.3, -0.25) is 4.79 Å². The molecule has 0 aliphatic carbocycles. The standard InChI is InChI=1S/C18H19NO2/c1-18(2)15-11-14(21-3)9-10-16(15)19(17(18)20)12-13-7-5-4-6-8-13/h4-11H,12H2,1-3H3. The van der Waals surface area contributed by atoms with Crippen molar-refractivity contribution in [1.82, 2.24) is 0 Å². The van der Waals surface area contributed by atoms with Gasteiger partial charge in [-0.05, 0) is 43.2 Å². The molecule has 0 aromatic heterocycles. The van der Waals surface area contributed by atoms with Crippen molar-refractivity contribution < 1.29 is 9.53 Å². The van der Waals surface area contributed by atoms with Crippen LogP contribution in [0.4, 0.5) is 5.69 Å². The second-order valence-electron chi connectivity index (χ2n) is 5.88. The summed E-state index contributed by atoms with van der Waals surface area (Å²) in [6.45, 7) is 4.54. The Labute approximate surface area is 125 Å². The number of carbonyl (C=O) groups is 1. The monoisotopic (exact) mass is 281 g/mol. The van der Waals surface area contributed by atoms with Crippen LogP contribution in [0.25, 0.3) is 0 Å². The van der Waals surface area contributed by atoms with Gasteiger partial charge in [-0.1, -0.05) is 30.3 Å². The lowest BCUT2D eigenvalue weighted by Gasteiger charge is -2.20. The summed E-state index contributed by atoms with van der Waals surface area (Å²) in [5.74, 6) is 0.922. The maximum Gasteiger partial charge on any atom is 0.237 e. The van der Waals surface area contributed by atoms with Crippen LogP contribution in [0.1, 0.15) is 25.0 Å². The van der Waals surface area contributed by atoms with Gasteiger partial charge in [-0.25, -0.2) is 0 Å². The molecule has 1 heterocycles. The highest BCUT2D eigenvalue weighted by Crippen LogP contribution is 2.43. The van der Waals surface area contributed by atoms with E-state index in [1.165, 1.54) is 0 Å². The second-order valence-corrected chi connectivity index (χ2v) is 5.88. The molecule has 3 rings (SSSR count). The van der Waals surface area contributed by atoms with Gasteiger partial charge in [0.15, 0.2) is 0 Å². The van der Waals surface area contributed by atoms with E-state index < -0.39 is 5.41 Å². The number of nitrogens with zero attached hydrogens (tertiary/aromatic N) is 1. The van der Waals surface area contributed by atoms with E-state index in [4.69, 9.17) is 4.74 Å². The smallest absolute Gasteiger partial charge is 0.237 e. The molecule has 0 atom stereocenters. The van der Waals surface area contributed by atoms with Crippen LogP contribution in [-0.4, -0.2) is 13.0 Å². The van der Waals surface area contributed by atoms with Crippen molar-refractivity contribution in [2.45, 2.75) is 25.8 Å². The first-order valence-corrected chi connectivity index (χ1v) is 7.08. The van der Waals surface area contributed by atoms with Crippen LogP contribution in [0.15, 0.2) is 48.5 Å². The largest absolute Gasteiger partial charge is 0.497 e. The second kappa shape index (κ2) is 4.92. The highest BCUT2D eigenvalue weighted by molar-refractivity contribution is 6.07. The van der Waals surface area contributed by atoms with Crippen molar-refractivity contribution in [3.05, 3.63) is 59.7 Å². The summed E-state index contributed by atoms with van der Waals surface area (Å²) in [6.07, 6.45) is 0. The van der Waals surface area contributed by atoms with Crippen LogP contribution in [0.3, 0.4) is 0 Å². The molecule has 0 spiro atoms. The molecule has 3 nitrogen and oxygen atoms in total. The Morgan fingerprint density at radius 1 is 1.10 bits per heavy atom. The Bertz CT molecular complexity index is 677. The number of carbonyl (C=O) groups excluding carboxylic acids is 1. The third kappa shape index (κ3) is 2.19. The molecule has 108 valence electrons. The lowest BCUT2D eigenvalue weighted by atomic mass is 9.86. The third-order valence-corrected chi connectivity index (χ3v) is 4.13. The number of hydrogen-bond donors (Lipinski definition) is 0. The molecule has 0 N–H and O–H groups in total. The number of anilines is 1. The molecule has 0 saturated heterocycles. The molecule has 0 saturated carbocycles. The average molecular weight is 281 g/mol. The van der Waals surface area contributed by atoms with Crippen molar-refractivity contribution in [3.63, 3.8) is 0 Å². The van der Waals surface area contributed by atoms with Gasteiger partial charge in [0.2, 0.25) is 5.91 Å². The first-order valence-electron chi connectivity index (χ1n) is 7.08. The zero-order valence-corrected chi connectivity index (χ0v) is 12.6. The number of benzene rings is 2. The fourth-order valence-electron chi connectivity index (χ4n) is 2.86. The summed E-state index contributed by atoms with van der Waals surface area (Å²) >= 11 is 0. The molecule has 0 radical (unpaired) electrons. The van der Waals surface area contributed by atoms with Crippen LogP contribution in [-0.2, 0) is 16.8 Å². The number of rotatable bonds is 3. The number of amides is 1. The van der Waals surface area contributed by atoms with E-state index >= 15 is 0 Å². The number of hydrogen-bond acceptors (Lipinski definition) is 2. The molecule has 0 bridgehead atoms. The van der Waals surface area contributed by atoms with Crippen LogP contribution in [0.5, 0.6) is 5.75 Å². The van der Waals surface area contributed by atoms with Gasteiger partial charge in [0.1, 0.15) is 5.75 Å². The molecule has 3 heteroatoms. The molecular weight excluding hydrogens is 262 g/mol. The molecule has 2 aromatic rings. The predicted molar refractivity (Wildman–Crippen MR) is 83.7 cm³/mol. The van der Waals surface area contributed by atoms with E-state index in [0.29, 0.717) is 6.54 Å². The zero-order valence-electron chi connectivity index (χ0n) is 12.6. The van der Waals surface area contributed by atoms with E-state index in [2.05, 4.69) is 0 Å². The minimum Gasteiger partial charge on any atom is -0.497 e. The lowest BCUT2D eigenvalue weighted by molar-refractivity contribution is -0.122. The normalized spacial score (nSPS) is 16.0. The predicted octanol–water partition coefficient (Wildman–Crippen LogP) is 3.52. The summed E-state index contributed by atoms with van der Waals surface area (Å²) in [4.78, 5) is 14.6. The molecule has 0 fully saturated rings. The van der Waals surface area contributed by atoms with Gasteiger partial charge in [0, 0.05) is 5.69 Å². The van der Waals surface area contributed by atoms with Crippen LogP contribution in [0, 0.1) is 0 Å². The number of methoxy groups -OCH3 is 1.